The van der Waals surface area contributed by atoms with Crippen molar-refractivity contribution in [2.24, 2.45) is 5.73 Å². The maximum absolute atomic E-state index is 13.5. The van der Waals surface area contributed by atoms with Crippen molar-refractivity contribution in [3.8, 4) is 11.5 Å². The van der Waals surface area contributed by atoms with Gasteiger partial charge in [0.25, 0.3) is 5.89 Å². The van der Waals surface area contributed by atoms with Gasteiger partial charge in [0.15, 0.2) is 11.5 Å². The Kier molecular flexibility index (Phi) is 7.57. The number of amides is 2. The van der Waals surface area contributed by atoms with Crippen LogP contribution in [0.1, 0.15) is 48.5 Å². The van der Waals surface area contributed by atoms with Crippen LogP contribution in [-0.2, 0) is 9.59 Å². The van der Waals surface area contributed by atoms with Crippen molar-refractivity contribution in [3.05, 3.63) is 30.3 Å². The number of nitrogens with one attached hydrogen (secondary N) is 1. The summed E-state index contributed by atoms with van der Waals surface area (Å²) in [6.45, 7) is 1.83. The monoisotopic (exact) mass is 411 g/mol. The van der Waals surface area contributed by atoms with E-state index in [2.05, 4.69) is 15.5 Å². The summed E-state index contributed by atoms with van der Waals surface area (Å²) >= 11 is 0. The van der Waals surface area contributed by atoms with Gasteiger partial charge >= 0.3 is 0 Å². The van der Waals surface area contributed by atoms with Gasteiger partial charge < -0.3 is 20.0 Å². The zero-order chi connectivity index (χ0) is 21.4. The maximum Gasteiger partial charge on any atom is 0.263 e. The summed E-state index contributed by atoms with van der Waals surface area (Å²) in [5.41, 5.74) is 5.25. The number of hydrogen-bond donors (Lipinski definition) is 2. The fourth-order valence-corrected chi connectivity index (χ4v) is 2.29. The van der Waals surface area contributed by atoms with Crippen molar-refractivity contribution in [1.29, 1.82) is 0 Å². The maximum atomic E-state index is 13.5. The van der Waals surface area contributed by atoms with Crippen LogP contribution in [0.2, 0.25) is 0 Å². The standard InChI is InChI=1S/C18H21F2N4O5/c1-11-9-12(24-29-11)14-10-23-17(28-14)13(25)3-2-8-22-16(27)5-7-18(19,20)6-4-15(21)26/h5,9-10H,2-4,6-8H2,1H3,(H2,21,26)(H,22,27). The van der Waals surface area contributed by atoms with E-state index in [9.17, 15) is 23.2 Å². The van der Waals surface area contributed by atoms with E-state index in [1.807, 2.05) is 0 Å². The lowest BCUT2D eigenvalue weighted by Crippen LogP contribution is -2.28. The molecular weight excluding hydrogens is 390 g/mol. The minimum Gasteiger partial charge on any atom is -0.432 e. The number of halogens is 2. The summed E-state index contributed by atoms with van der Waals surface area (Å²) in [6, 6.07) is 1.64. The second-order valence-electron chi connectivity index (χ2n) is 6.40. The number of hydrogen-bond acceptors (Lipinski definition) is 7. The Hall–Kier alpha value is -3.11. The van der Waals surface area contributed by atoms with Crippen LogP contribution >= 0.6 is 0 Å². The molecule has 2 rings (SSSR count). The van der Waals surface area contributed by atoms with Gasteiger partial charge in [-0.3, -0.25) is 14.4 Å². The van der Waals surface area contributed by atoms with Gasteiger partial charge in [-0.05, 0) is 13.3 Å². The van der Waals surface area contributed by atoms with E-state index in [4.69, 9.17) is 14.7 Å². The van der Waals surface area contributed by atoms with Gasteiger partial charge in [0.05, 0.1) is 12.6 Å². The number of primary amides is 1. The molecule has 3 N–H and O–H groups in total. The molecule has 0 aliphatic heterocycles. The minimum atomic E-state index is -3.19. The number of ketones is 1. The van der Waals surface area contributed by atoms with Crippen molar-refractivity contribution >= 4 is 17.6 Å². The first-order chi connectivity index (χ1) is 13.7. The van der Waals surface area contributed by atoms with Crippen LogP contribution in [0.5, 0.6) is 0 Å². The molecule has 0 aliphatic carbocycles. The first kappa shape index (κ1) is 22.2. The number of nitrogens with two attached hydrogens (primary N) is 1. The summed E-state index contributed by atoms with van der Waals surface area (Å²) in [5.74, 6) is -4.27. The van der Waals surface area contributed by atoms with Crippen LogP contribution in [0, 0.1) is 13.3 Å². The first-order valence-electron chi connectivity index (χ1n) is 8.86. The van der Waals surface area contributed by atoms with E-state index < -0.39 is 37.0 Å². The third-order valence-corrected chi connectivity index (χ3v) is 3.83. The number of rotatable bonds is 12. The lowest BCUT2D eigenvalue weighted by Gasteiger charge is -2.14. The SMILES string of the molecule is Cc1cc(-c2cnc(C(=O)CCCNC(=O)[CH]CC(F)(F)CCC(N)=O)o2)no1. The first-order valence-corrected chi connectivity index (χ1v) is 8.86. The molecule has 0 saturated carbocycles. The molecule has 0 fully saturated rings. The molecule has 29 heavy (non-hydrogen) atoms. The number of aryl methyl sites for hydroxylation is 1. The Morgan fingerprint density at radius 1 is 1.31 bits per heavy atom. The summed E-state index contributed by atoms with van der Waals surface area (Å²) in [7, 11) is 0. The van der Waals surface area contributed by atoms with Gasteiger partial charge in [-0.15, -0.1) is 0 Å². The van der Waals surface area contributed by atoms with Gasteiger partial charge in [-0.25, -0.2) is 13.8 Å². The number of aromatic nitrogens is 2. The molecule has 0 saturated heterocycles. The lowest BCUT2D eigenvalue weighted by molar-refractivity contribution is -0.120. The predicted octanol–water partition coefficient (Wildman–Crippen LogP) is 2.21. The molecule has 0 spiro atoms. The van der Waals surface area contributed by atoms with Crippen molar-refractivity contribution in [2.75, 3.05) is 6.54 Å². The number of alkyl halides is 2. The molecule has 1 radical (unpaired) electrons. The normalized spacial score (nSPS) is 11.4. The third-order valence-electron chi connectivity index (χ3n) is 3.83. The van der Waals surface area contributed by atoms with Crippen molar-refractivity contribution in [2.45, 2.75) is 45.0 Å². The van der Waals surface area contributed by atoms with E-state index in [0.29, 0.717) is 17.2 Å². The van der Waals surface area contributed by atoms with Gasteiger partial charge in [0.2, 0.25) is 23.5 Å². The fraction of sp³-hybridized carbons (Fsp3) is 0.444. The van der Waals surface area contributed by atoms with Crippen LogP contribution in [0.4, 0.5) is 8.78 Å². The zero-order valence-corrected chi connectivity index (χ0v) is 15.7. The van der Waals surface area contributed by atoms with E-state index in [1.54, 1.807) is 13.0 Å². The van der Waals surface area contributed by atoms with E-state index in [-0.39, 0.29) is 31.1 Å². The Labute approximate surface area is 165 Å². The fourth-order valence-electron chi connectivity index (χ4n) is 2.29. The number of oxazole rings is 1. The summed E-state index contributed by atoms with van der Waals surface area (Å²) in [5, 5.41) is 6.18. The summed E-state index contributed by atoms with van der Waals surface area (Å²) in [4.78, 5) is 38.1. The van der Waals surface area contributed by atoms with E-state index in [1.165, 1.54) is 6.20 Å². The molecule has 2 heterocycles. The molecule has 11 heteroatoms. The summed E-state index contributed by atoms with van der Waals surface area (Å²) < 4.78 is 37.2. The van der Waals surface area contributed by atoms with Crippen LogP contribution in [-0.4, -0.2) is 40.2 Å². The third kappa shape index (κ3) is 7.43. The zero-order valence-electron chi connectivity index (χ0n) is 15.7. The van der Waals surface area contributed by atoms with Crippen LogP contribution in [0.3, 0.4) is 0 Å². The highest BCUT2D eigenvalue weighted by atomic mass is 19.3. The van der Waals surface area contributed by atoms with E-state index in [0.717, 1.165) is 6.42 Å². The molecule has 2 amide bonds. The molecular formula is C18H21F2N4O5. The topological polar surface area (TPSA) is 141 Å². The summed E-state index contributed by atoms with van der Waals surface area (Å²) in [6.07, 6.45) is 0.522. The average molecular weight is 411 g/mol. The predicted molar refractivity (Wildman–Crippen MR) is 95.6 cm³/mol. The number of Topliss-reactive ketones (excluding diaryl/α,β-unsaturated/α-hetero) is 1. The van der Waals surface area contributed by atoms with Crippen molar-refractivity contribution in [1.82, 2.24) is 15.5 Å². The molecule has 0 aliphatic rings. The quantitative estimate of drug-likeness (QED) is 0.403. The molecule has 0 bridgehead atoms. The highest BCUT2D eigenvalue weighted by molar-refractivity contribution is 5.92. The highest BCUT2D eigenvalue weighted by Crippen LogP contribution is 2.25. The minimum absolute atomic E-state index is 0.0485. The van der Waals surface area contributed by atoms with Crippen LogP contribution < -0.4 is 11.1 Å². The second-order valence-corrected chi connectivity index (χ2v) is 6.40. The lowest BCUT2D eigenvalue weighted by atomic mass is 10.1. The van der Waals surface area contributed by atoms with Gasteiger partial charge in [-0.1, -0.05) is 5.16 Å². The second kappa shape index (κ2) is 9.89. The molecule has 0 atom stereocenters. The van der Waals surface area contributed by atoms with Crippen LogP contribution in [0.15, 0.2) is 21.2 Å². The molecule has 157 valence electrons. The number of carbonyl (C=O) groups is 3. The molecule has 0 aromatic carbocycles. The average Bonchev–Trinajstić information content (AvgIpc) is 3.31. The number of nitrogens with zero attached hydrogens (tertiary/aromatic N) is 2. The largest absolute Gasteiger partial charge is 0.432 e. The van der Waals surface area contributed by atoms with Gasteiger partial charge in [-0.2, -0.15) is 0 Å². The van der Waals surface area contributed by atoms with Crippen LogP contribution in [0.25, 0.3) is 11.5 Å². The molecule has 2 aromatic rings. The Morgan fingerprint density at radius 3 is 2.72 bits per heavy atom. The van der Waals surface area contributed by atoms with E-state index >= 15 is 0 Å². The Morgan fingerprint density at radius 2 is 2.07 bits per heavy atom. The molecule has 0 unspecified atom stereocenters. The van der Waals surface area contributed by atoms with Gasteiger partial charge in [0, 0.05) is 38.3 Å². The number of carbonyl (C=O) groups excluding carboxylic acids is 3. The van der Waals surface area contributed by atoms with Crippen molar-refractivity contribution in [3.63, 3.8) is 0 Å². The highest BCUT2D eigenvalue weighted by Gasteiger charge is 2.29. The molecule has 2 aromatic heterocycles. The van der Waals surface area contributed by atoms with Gasteiger partial charge in [0.1, 0.15) is 5.76 Å². The van der Waals surface area contributed by atoms with Crippen molar-refractivity contribution < 1.29 is 32.1 Å². The smallest absolute Gasteiger partial charge is 0.263 e. The Balaban J connectivity index is 1.67. The molecule has 9 nitrogen and oxygen atoms in total. The Bertz CT molecular complexity index is 862.